The lowest BCUT2D eigenvalue weighted by molar-refractivity contribution is -0.120. The van der Waals surface area contributed by atoms with Crippen LogP contribution in [0.3, 0.4) is 0 Å². The van der Waals surface area contributed by atoms with Gasteiger partial charge < -0.3 is 5.32 Å². The maximum absolute atomic E-state index is 12.8. The fraction of sp³-hybridized carbons (Fsp3) is 0.529. The van der Waals surface area contributed by atoms with Crippen LogP contribution < -0.4 is 5.32 Å². The first-order chi connectivity index (χ1) is 12.4. The van der Waals surface area contributed by atoms with Gasteiger partial charge in [0.1, 0.15) is 10.0 Å². The fourth-order valence-corrected chi connectivity index (χ4v) is 6.07. The van der Waals surface area contributed by atoms with E-state index in [1.54, 1.807) is 29.1 Å². The summed E-state index contributed by atoms with van der Waals surface area (Å²) in [6.07, 6.45) is 3.93. The second-order valence-electron chi connectivity index (χ2n) is 6.50. The SMILES string of the molecule is CCCn1nccc1NC(=O)C1CCCN(S(=O)(=O)c2ccc(C)s2)C1. The first kappa shape index (κ1) is 19.1. The molecular weight excluding hydrogens is 372 g/mol. The minimum absolute atomic E-state index is 0.148. The zero-order valence-corrected chi connectivity index (χ0v) is 16.6. The van der Waals surface area contributed by atoms with Crippen molar-refractivity contribution in [2.45, 2.75) is 43.9 Å². The number of carbonyl (C=O) groups excluding carboxylic acids is 1. The lowest BCUT2D eigenvalue weighted by atomic mass is 9.99. The number of carbonyl (C=O) groups is 1. The molecule has 1 N–H and O–H groups in total. The van der Waals surface area contributed by atoms with Gasteiger partial charge in [-0.05, 0) is 38.3 Å². The molecule has 142 valence electrons. The maximum atomic E-state index is 12.8. The van der Waals surface area contributed by atoms with Gasteiger partial charge in [0, 0.05) is 30.6 Å². The number of aryl methyl sites for hydroxylation is 2. The van der Waals surface area contributed by atoms with Crippen LogP contribution >= 0.6 is 11.3 Å². The molecule has 1 fully saturated rings. The summed E-state index contributed by atoms with van der Waals surface area (Å²) < 4.78 is 29.2. The number of piperidine rings is 1. The van der Waals surface area contributed by atoms with Gasteiger partial charge in [-0.15, -0.1) is 11.3 Å². The van der Waals surface area contributed by atoms with Crippen molar-refractivity contribution in [3.8, 4) is 0 Å². The number of aromatic nitrogens is 2. The largest absolute Gasteiger partial charge is 0.311 e. The van der Waals surface area contributed by atoms with Crippen molar-refractivity contribution >= 4 is 33.1 Å². The van der Waals surface area contributed by atoms with Gasteiger partial charge in [-0.1, -0.05) is 6.92 Å². The van der Waals surface area contributed by atoms with Crippen molar-refractivity contribution in [1.82, 2.24) is 14.1 Å². The molecule has 1 unspecified atom stereocenters. The highest BCUT2D eigenvalue weighted by atomic mass is 32.2. The Hall–Kier alpha value is -1.71. The van der Waals surface area contributed by atoms with Crippen LogP contribution in [0.1, 0.15) is 31.1 Å². The molecule has 2 aromatic heterocycles. The van der Waals surface area contributed by atoms with E-state index in [2.05, 4.69) is 10.4 Å². The second kappa shape index (κ2) is 7.89. The third-order valence-corrected chi connectivity index (χ3v) is 7.80. The lowest BCUT2D eigenvalue weighted by Gasteiger charge is -2.30. The van der Waals surface area contributed by atoms with E-state index in [1.807, 2.05) is 13.8 Å². The predicted octanol–water partition coefficient (Wildman–Crippen LogP) is 2.70. The highest BCUT2D eigenvalue weighted by molar-refractivity contribution is 7.91. The quantitative estimate of drug-likeness (QED) is 0.814. The van der Waals surface area contributed by atoms with Gasteiger partial charge in [0.05, 0.1) is 12.1 Å². The summed E-state index contributed by atoms with van der Waals surface area (Å²) in [5.41, 5.74) is 0. The molecule has 0 saturated carbocycles. The van der Waals surface area contributed by atoms with E-state index in [1.165, 1.54) is 15.6 Å². The summed E-state index contributed by atoms with van der Waals surface area (Å²) in [6, 6.07) is 5.21. The van der Waals surface area contributed by atoms with E-state index in [9.17, 15) is 13.2 Å². The highest BCUT2D eigenvalue weighted by Gasteiger charge is 2.34. The van der Waals surface area contributed by atoms with Crippen molar-refractivity contribution in [3.63, 3.8) is 0 Å². The summed E-state index contributed by atoms with van der Waals surface area (Å²) in [4.78, 5) is 13.6. The monoisotopic (exact) mass is 396 g/mol. The number of hydrogen-bond acceptors (Lipinski definition) is 5. The molecule has 3 heterocycles. The van der Waals surface area contributed by atoms with Gasteiger partial charge in [0.25, 0.3) is 10.0 Å². The topological polar surface area (TPSA) is 84.3 Å². The number of anilines is 1. The van der Waals surface area contributed by atoms with Gasteiger partial charge in [0.2, 0.25) is 5.91 Å². The molecule has 0 bridgehead atoms. The molecule has 0 spiro atoms. The van der Waals surface area contributed by atoms with E-state index < -0.39 is 10.0 Å². The average Bonchev–Trinajstić information content (AvgIpc) is 3.25. The summed E-state index contributed by atoms with van der Waals surface area (Å²) in [5.74, 6) is 0.153. The van der Waals surface area contributed by atoms with Crippen LogP contribution in [0.15, 0.2) is 28.6 Å². The first-order valence-electron chi connectivity index (χ1n) is 8.81. The van der Waals surface area contributed by atoms with Gasteiger partial charge in [0.15, 0.2) is 0 Å². The van der Waals surface area contributed by atoms with Crippen molar-refractivity contribution in [2.75, 3.05) is 18.4 Å². The molecule has 3 rings (SSSR count). The van der Waals surface area contributed by atoms with E-state index >= 15 is 0 Å². The Balaban J connectivity index is 1.70. The van der Waals surface area contributed by atoms with E-state index in [4.69, 9.17) is 0 Å². The molecule has 0 aliphatic carbocycles. The average molecular weight is 397 g/mol. The van der Waals surface area contributed by atoms with Gasteiger partial charge in [-0.2, -0.15) is 9.40 Å². The van der Waals surface area contributed by atoms with Crippen LogP contribution in [-0.2, 0) is 21.4 Å². The Bertz CT molecular complexity index is 872. The van der Waals surface area contributed by atoms with E-state index in [-0.39, 0.29) is 18.4 Å². The molecule has 1 saturated heterocycles. The molecule has 2 aromatic rings. The second-order valence-corrected chi connectivity index (χ2v) is 9.95. The molecule has 26 heavy (non-hydrogen) atoms. The third-order valence-electron chi connectivity index (χ3n) is 4.47. The molecule has 0 radical (unpaired) electrons. The van der Waals surface area contributed by atoms with Crippen molar-refractivity contribution < 1.29 is 13.2 Å². The smallest absolute Gasteiger partial charge is 0.252 e. The molecule has 1 aliphatic rings. The van der Waals surface area contributed by atoms with E-state index in [0.717, 1.165) is 17.8 Å². The lowest BCUT2D eigenvalue weighted by Crippen LogP contribution is -2.43. The minimum Gasteiger partial charge on any atom is -0.311 e. The molecule has 7 nitrogen and oxygen atoms in total. The van der Waals surface area contributed by atoms with Crippen LogP contribution in [0.4, 0.5) is 5.82 Å². The first-order valence-corrected chi connectivity index (χ1v) is 11.1. The Morgan fingerprint density at radius 1 is 1.38 bits per heavy atom. The van der Waals surface area contributed by atoms with Crippen LogP contribution in [-0.4, -0.2) is 41.5 Å². The zero-order chi connectivity index (χ0) is 18.7. The molecule has 0 aromatic carbocycles. The number of nitrogens with one attached hydrogen (secondary N) is 1. The Labute approximate surface area is 158 Å². The van der Waals surface area contributed by atoms with Crippen molar-refractivity contribution in [3.05, 3.63) is 29.3 Å². The summed E-state index contributed by atoms with van der Waals surface area (Å²) in [7, 11) is -3.53. The van der Waals surface area contributed by atoms with Gasteiger partial charge in [-0.25, -0.2) is 13.1 Å². The van der Waals surface area contributed by atoms with E-state index in [0.29, 0.717) is 29.4 Å². The number of thiophene rings is 1. The minimum atomic E-state index is -3.53. The number of amides is 1. The number of hydrogen-bond donors (Lipinski definition) is 1. The van der Waals surface area contributed by atoms with Crippen molar-refractivity contribution in [2.24, 2.45) is 5.92 Å². The Morgan fingerprint density at radius 2 is 2.19 bits per heavy atom. The molecule has 1 atom stereocenters. The normalized spacial score (nSPS) is 18.8. The fourth-order valence-electron chi connectivity index (χ4n) is 3.11. The highest BCUT2D eigenvalue weighted by Crippen LogP contribution is 2.28. The van der Waals surface area contributed by atoms with Crippen LogP contribution in [0.25, 0.3) is 0 Å². The molecule has 1 aliphatic heterocycles. The summed E-state index contributed by atoms with van der Waals surface area (Å²) in [5, 5.41) is 7.10. The van der Waals surface area contributed by atoms with Crippen LogP contribution in [0, 0.1) is 12.8 Å². The van der Waals surface area contributed by atoms with Gasteiger partial charge >= 0.3 is 0 Å². The summed E-state index contributed by atoms with van der Waals surface area (Å²) in [6.45, 7) is 5.33. The Kier molecular flexibility index (Phi) is 5.79. The summed E-state index contributed by atoms with van der Waals surface area (Å²) >= 11 is 1.27. The van der Waals surface area contributed by atoms with Crippen LogP contribution in [0.5, 0.6) is 0 Å². The predicted molar refractivity (Wildman–Crippen MR) is 102 cm³/mol. The van der Waals surface area contributed by atoms with Crippen molar-refractivity contribution in [1.29, 1.82) is 0 Å². The zero-order valence-electron chi connectivity index (χ0n) is 15.0. The number of nitrogens with zero attached hydrogens (tertiary/aromatic N) is 3. The third kappa shape index (κ3) is 3.99. The molecule has 1 amide bonds. The standard InChI is InChI=1S/C17H24N4O3S2/c1-3-10-21-15(8-9-18-21)19-17(22)14-5-4-11-20(12-14)26(23,24)16-7-6-13(2)25-16/h6-9,14H,3-5,10-12H2,1-2H3,(H,19,22). The Morgan fingerprint density at radius 3 is 2.88 bits per heavy atom. The van der Waals surface area contributed by atoms with Gasteiger partial charge in [-0.3, -0.25) is 4.79 Å². The maximum Gasteiger partial charge on any atom is 0.252 e. The van der Waals surface area contributed by atoms with Crippen LogP contribution in [0.2, 0.25) is 0 Å². The molecule has 9 heteroatoms. The number of sulfonamides is 1. The number of rotatable bonds is 6. The molecular formula is C17H24N4O3S2.